The molecule has 1 aliphatic heterocycles. The molecule has 94 valence electrons. The molecule has 4 nitrogen and oxygen atoms in total. The Labute approximate surface area is 102 Å². The Kier molecular flexibility index (Phi) is 4.17. The molecule has 0 unspecified atom stereocenters. The maximum atomic E-state index is 11.8. The van der Waals surface area contributed by atoms with E-state index >= 15 is 0 Å². The maximum Gasteiger partial charge on any atom is 0.410 e. The van der Waals surface area contributed by atoms with Gasteiger partial charge in [0.1, 0.15) is 5.60 Å². The van der Waals surface area contributed by atoms with E-state index in [1.54, 1.807) is 4.90 Å². The summed E-state index contributed by atoms with van der Waals surface area (Å²) in [5, 5.41) is 0. The van der Waals surface area contributed by atoms with E-state index in [9.17, 15) is 9.59 Å². The molecule has 4 heteroatoms. The van der Waals surface area contributed by atoms with Crippen LogP contribution in [0.15, 0.2) is 0 Å². The highest BCUT2D eigenvalue weighted by atomic mass is 16.6. The Hall–Kier alpha value is -1.50. The molecule has 1 amide bonds. The Morgan fingerprint density at radius 3 is 2.59 bits per heavy atom. The van der Waals surface area contributed by atoms with E-state index in [-0.39, 0.29) is 17.8 Å². The third-order valence-corrected chi connectivity index (χ3v) is 2.59. The quantitative estimate of drug-likeness (QED) is 0.516. The highest BCUT2D eigenvalue weighted by Gasteiger charge is 2.30. The van der Waals surface area contributed by atoms with Crippen LogP contribution in [-0.4, -0.2) is 35.5 Å². The zero-order valence-electron chi connectivity index (χ0n) is 10.7. The van der Waals surface area contributed by atoms with Gasteiger partial charge in [-0.1, -0.05) is 0 Å². The number of rotatable bonds is 1. The van der Waals surface area contributed by atoms with Crippen molar-refractivity contribution in [2.45, 2.75) is 39.2 Å². The van der Waals surface area contributed by atoms with Crippen LogP contribution in [0.2, 0.25) is 0 Å². The van der Waals surface area contributed by atoms with Crippen LogP contribution in [0, 0.1) is 18.3 Å². The smallest absolute Gasteiger partial charge is 0.410 e. The number of ether oxygens (including phenoxy) is 1. The number of hydrogen-bond donors (Lipinski definition) is 0. The number of nitrogens with zero attached hydrogens (tertiary/aromatic N) is 1. The molecule has 0 aromatic rings. The molecule has 0 aliphatic carbocycles. The number of carbonyl (C=O) groups excluding carboxylic acids is 2. The minimum atomic E-state index is -0.514. The van der Waals surface area contributed by atoms with E-state index < -0.39 is 5.60 Å². The lowest BCUT2D eigenvalue weighted by molar-refractivity contribution is -0.118. The van der Waals surface area contributed by atoms with Crippen molar-refractivity contribution in [3.8, 4) is 12.3 Å². The zero-order chi connectivity index (χ0) is 13.1. The molecule has 0 saturated carbocycles. The second-order valence-electron chi connectivity index (χ2n) is 5.27. The number of terminal acetylenes is 1. The monoisotopic (exact) mass is 237 g/mol. The van der Waals surface area contributed by atoms with Gasteiger partial charge < -0.3 is 9.64 Å². The lowest BCUT2D eigenvalue weighted by Crippen LogP contribution is -2.44. The van der Waals surface area contributed by atoms with Crippen molar-refractivity contribution in [1.29, 1.82) is 0 Å². The van der Waals surface area contributed by atoms with Crippen LogP contribution in [0.1, 0.15) is 33.6 Å². The van der Waals surface area contributed by atoms with Crippen LogP contribution in [0.5, 0.6) is 0 Å². The summed E-state index contributed by atoms with van der Waals surface area (Å²) in [7, 11) is 0. The molecule has 0 aromatic heterocycles. The van der Waals surface area contributed by atoms with Gasteiger partial charge in [-0.15, -0.1) is 6.42 Å². The summed E-state index contributed by atoms with van der Waals surface area (Å²) in [5.41, 5.74) is -0.514. The highest BCUT2D eigenvalue weighted by Crippen LogP contribution is 2.19. The molecule has 1 aliphatic rings. The molecule has 0 N–H and O–H groups in total. The molecule has 1 saturated heterocycles. The van der Waals surface area contributed by atoms with Crippen molar-refractivity contribution in [3.63, 3.8) is 0 Å². The van der Waals surface area contributed by atoms with Gasteiger partial charge in [-0.25, -0.2) is 4.79 Å². The zero-order valence-corrected chi connectivity index (χ0v) is 10.7. The average Bonchev–Trinajstić information content (AvgIpc) is 2.26. The summed E-state index contributed by atoms with van der Waals surface area (Å²) in [6, 6.07) is 0. The number of likely N-dealkylation sites (tertiary alicyclic amines) is 1. The summed E-state index contributed by atoms with van der Waals surface area (Å²) in [4.78, 5) is 24.8. The van der Waals surface area contributed by atoms with Crippen LogP contribution >= 0.6 is 0 Å². The van der Waals surface area contributed by atoms with Crippen molar-refractivity contribution in [2.24, 2.45) is 5.92 Å². The average molecular weight is 237 g/mol. The number of hydrogen-bond acceptors (Lipinski definition) is 3. The molecule has 0 bridgehead atoms. The van der Waals surface area contributed by atoms with Gasteiger partial charge in [0, 0.05) is 19.0 Å². The lowest BCUT2D eigenvalue weighted by Gasteiger charge is -2.32. The van der Waals surface area contributed by atoms with E-state index in [2.05, 4.69) is 5.92 Å². The lowest BCUT2D eigenvalue weighted by atomic mass is 9.94. The van der Waals surface area contributed by atoms with Crippen LogP contribution in [0.3, 0.4) is 0 Å². The Bertz CT molecular complexity index is 349. The first-order chi connectivity index (χ1) is 7.83. The first-order valence-electron chi connectivity index (χ1n) is 5.82. The minimum Gasteiger partial charge on any atom is -0.444 e. The largest absolute Gasteiger partial charge is 0.444 e. The molecular weight excluding hydrogens is 218 g/mol. The summed E-state index contributed by atoms with van der Waals surface area (Å²) >= 11 is 0. The molecule has 0 radical (unpaired) electrons. The van der Waals surface area contributed by atoms with Gasteiger partial charge in [-0.3, -0.25) is 4.79 Å². The Morgan fingerprint density at radius 1 is 1.41 bits per heavy atom. The third kappa shape index (κ3) is 4.10. The first kappa shape index (κ1) is 13.6. The molecule has 0 spiro atoms. The molecule has 17 heavy (non-hydrogen) atoms. The molecule has 1 heterocycles. The number of amides is 1. The highest BCUT2D eigenvalue weighted by molar-refractivity contribution is 5.97. The predicted molar refractivity (Wildman–Crippen MR) is 64.4 cm³/mol. The van der Waals surface area contributed by atoms with Gasteiger partial charge in [0.15, 0.2) is 0 Å². The topological polar surface area (TPSA) is 46.6 Å². The standard InChI is InChI=1S/C13H19NO3/c1-5-11(15)10-7-6-8-14(9-10)12(16)17-13(2,3)4/h1,10H,6-9H2,2-4H3/t10-/m0/s1. The second kappa shape index (κ2) is 5.22. The van der Waals surface area contributed by atoms with Gasteiger partial charge in [-0.05, 0) is 39.5 Å². The van der Waals surface area contributed by atoms with E-state index in [1.165, 1.54) is 0 Å². The van der Waals surface area contributed by atoms with Gasteiger partial charge in [-0.2, -0.15) is 0 Å². The SMILES string of the molecule is C#CC(=O)[C@H]1CCCN(C(=O)OC(C)(C)C)C1. The third-order valence-electron chi connectivity index (χ3n) is 2.59. The number of ketones is 1. The number of piperidine rings is 1. The van der Waals surface area contributed by atoms with Crippen LogP contribution < -0.4 is 0 Å². The molecule has 1 rings (SSSR count). The molecule has 1 atom stereocenters. The van der Waals surface area contributed by atoms with Crippen LogP contribution in [0.4, 0.5) is 4.79 Å². The fourth-order valence-corrected chi connectivity index (χ4v) is 1.80. The van der Waals surface area contributed by atoms with Crippen molar-refractivity contribution in [3.05, 3.63) is 0 Å². The second-order valence-corrected chi connectivity index (χ2v) is 5.27. The van der Waals surface area contributed by atoms with Crippen LogP contribution in [0.25, 0.3) is 0 Å². The van der Waals surface area contributed by atoms with Gasteiger partial charge >= 0.3 is 6.09 Å². The molecular formula is C13H19NO3. The maximum absolute atomic E-state index is 11.8. The van der Waals surface area contributed by atoms with Crippen LogP contribution in [-0.2, 0) is 9.53 Å². The van der Waals surface area contributed by atoms with Crippen molar-refractivity contribution >= 4 is 11.9 Å². The van der Waals surface area contributed by atoms with E-state index in [0.717, 1.165) is 12.8 Å². The molecule has 0 aromatic carbocycles. The van der Waals surface area contributed by atoms with E-state index in [0.29, 0.717) is 13.1 Å². The fourth-order valence-electron chi connectivity index (χ4n) is 1.80. The summed E-state index contributed by atoms with van der Waals surface area (Å²) < 4.78 is 5.26. The van der Waals surface area contributed by atoms with Crippen molar-refractivity contribution < 1.29 is 14.3 Å². The fraction of sp³-hybridized carbons (Fsp3) is 0.692. The van der Waals surface area contributed by atoms with Gasteiger partial charge in [0.2, 0.25) is 5.78 Å². The van der Waals surface area contributed by atoms with Gasteiger partial charge in [0.05, 0.1) is 0 Å². The first-order valence-corrected chi connectivity index (χ1v) is 5.82. The van der Waals surface area contributed by atoms with E-state index in [4.69, 9.17) is 11.2 Å². The number of Topliss-reactive ketones (excluding diaryl/α,β-unsaturated/α-hetero) is 1. The number of carbonyl (C=O) groups is 2. The Balaban J connectivity index is 2.58. The normalized spacial score (nSPS) is 20.6. The summed E-state index contributed by atoms with van der Waals surface area (Å²) in [6.07, 6.45) is 6.26. The predicted octanol–water partition coefficient (Wildman–Crippen LogP) is 1.84. The van der Waals surface area contributed by atoms with Crippen molar-refractivity contribution in [2.75, 3.05) is 13.1 Å². The van der Waals surface area contributed by atoms with E-state index in [1.807, 2.05) is 20.8 Å². The summed E-state index contributed by atoms with van der Waals surface area (Å²) in [6.45, 7) is 6.46. The molecule has 1 fully saturated rings. The minimum absolute atomic E-state index is 0.224. The summed E-state index contributed by atoms with van der Waals surface area (Å²) in [5.74, 6) is 1.67. The van der Waals surface area contributed by atoms with Gasteiger partial charge in [0.25, 0.3) is 0 Å². The Morgan fingerprint density at radius 2 is 2.06 bits per heavy atom. The van der Waals surface area contributed by atoms with Crippen molar-refractivity contribution in [1.82, 2.24) is 4.90 Å².